The average molecular weight is 337 g/mol. The molecule has 8 aliphatic rings. The molecule has 0 atom stereocenters. The van der Waals surface area contributed by atoms with Gasteiger partial charge in [-0.25, -0.2) is 0 Å². The summed E-state index contributed by atoms with van der Waals surface area (Å²) in [7, 11) is 0. The van der Waals surface area contributed by atoms with E-state index in [1.807, 2.05) is 0 Å². The molecule has 8 fully saturated rings. The van der Waals surface area contributed by atoms with Crippen LogP contribution in [0.25, 0.3) is 0 Å². The van der Waals surface area contributed by atoms with Crippen molar-refractivity contribution in [3.63, 3.8) is 0 Å². The van der Waals surface area contributed by atoms with E-state index in [4.69, 9.17) is 6.58 Å². The molecule has 0 saturated heterocycles. The lowest BCUT2D eigenvalue weighted by atomic mass is 9.43. The summed E-state index contributed by atoms with van der Waals surface area (Å²) in [5, 5.41) is 0. The second-order valence-electron chi connectivity index (χ2n) is 11.6. The highest BCUT2D eigenvalue weighted by Gasteiger charge is 2.57. The first kappa shape index (κ1) is 15.5. The highest BCUT2D eigenvalue weighted by atomic mass is 14.6. The van der Waals surface area contributed by atoms with Gasteiger partial charge in [0.25, 0.3) is 0 Å². The van der Waals surface area contributed by atoms with Crippen LogP contribution >= 0.6 is 0 Å². The van der Waals surface area contributed by atoms with Crippen LogP contribution in [0.3, 0.4) is 0 Å². The van der Waals surface area contributed by atoms with E-state index < -0.39 is 0 Å². The molecule has 8 rings (SSSR count). The first-order chi connectivity index (χ1) is 12.1. The molecule has 0 aliphatic heterocycles. The molecule has 25 heavy (non-hydrogen) atoms. The summed E-state index contributed by atoms with van der Waals surface area (Å²) >= 11 is 0. The standard InChI is InChI=1S/C25H36/c1-3-23(25-13-20-7-21(14-25)9-22(8-20)15-25)16(2)24-10-17-4-18(11-24)6-19(5-17)12-24/h3,17-22H,2,4-15H2,1H3. The van der Waals surface area contributed by atoms with Gasteiger partial charge in [0.1, 0.15) is 0 Å². The topological polar surface area (TPSA) is 0 Å². The van der Waals surface area contributed by atoms with E-state index >= 15 is 0 Å². The fourth-order valence-corrected chi connectivity index (χ4v) is 10.0. The van der Waals surface area contributed by atoms with E-state index in [0.717, 1.165) is 35.5 Å². The Balaban J connectivity index is 1.35. The molecule has 0 radical (unpaired) electrons. The number of hydrogen-bond donors (Lipinski definition) is 0. The third-order valence-corrected chi connectivity index (χ3v) is 9.90. The molecule has 0 aromatic carbocycles. The predicted octanol–water partition coefficient (Wildman–Crippen LogP) is 6.92. The Labute approximate surface area is 154 Å². The Morgan fingerprint density at radius 1 is 0.640 bits per heavy atom. The highest BCUT2D eigenvalue weighted by molar-refractivity contribution is 5.42. The minimum atomic E-state index is 0.514. The van der Waals surface area contributed by atoms with Gasteiger partial charge in [0.15, 0.2) is 0 Å². The summed E-state index contributed by atoms with van der Waals surface area (Å²) in [6.45, 7) is 7.25. The lowest BCUT2D eigenvalue weighted by molar-refractivity contribution is -0.0454. The van der Waals surface area contributed by atoms with Crippen LogP contribution in [0, 0.1) is 46.3 Å². The van der Waals surface area contributed by atoms with Crippen molar-refractivity contribution in [2.75, 3.05) is 0 Å². The molecular formula is C25H36. The molecule has 0 heteroatoms. The fourth-order valence-electron chi connectivity index (χ4n) is 10.0. The van der Waals surface area contributed by atoms with Gasteiger partial charge in [0.2, 0.25) is 0 Å². The molecule has 0 spiro atoms. The van der Waals surface area contributed by atoms with Crippen molar-refractivity contribution in [2.24, 2.45) is 46.3 Å². The monoisotopic (exact) mass is 336 g/mol. The minimum Gasteiger partial charge on any atom is -0.0950 e. The van der Waals surface area contributed by atoms with E-state index in [1.54, 1.807) is 49.7 Å². The van der Waals surface area contributed by atoms with E-state index in [-0.39, 0.29) is 0 Å². The third kappa shape index (κ3) is 2.12. The van der Waals surface area contributed by atoms with Crippen LogP contribution in [-0.4, -0.2) is 0 Å². The predicted molar refractivity (Wildman–Crippen MR) is 104 cm³/mol. The molecule has 0 amide bonds. The van der Waals surface area contributed by atoms with Crippen molar-refractivity contribution in [1.29, 1.82) is 0 Å². The summed E-state index contributed by atoms with van der Waals surface area (Å²) in [5.41, 5.74) is 4.48. The maximum Gasteiger partial charge on any atom is -0.00396 e. The zero-order chi connectivity index (χ0) is 16.8. The first-order valence-corrected chi connectivity index (χ1v) is 11.4. The fraction of sp³-hybridized carbons (Fsp3) is 0.840. The van der Waals surface area contributed by atoms with Crippen LogP contribution in [0.15, 0.2) is 23.8 Å². The number of hydrogen-bond acceptors (Lipinski definition) is 0. The maximum absolute atomic E-state index is 4.90. The van der Waals surface area contributed by atoms with E-state index in [0.29, 0.717) is 10.8 Å². The van der Waals surface area contributed by atoms with Crippen LogP contribution in [-0.2, 0) is 0 Å². The molecule has 0 aromatic rings. The highest BCUT2D eigenvalue weighted by Crippen LogP contribution is 2.68. The SMILES string of the molecule is C=C(C(=CC)C12CC3CC(CC(C3)C1)C2)C12CC3CC(CC(C3)C1)C2. The largest absolute Gasteiger partial charge is 0.0950 e. The molecule has 8 bridgehead atoms. The quantitative estimate of drug-likeness (QED) is 0.491. The molecule has 0 heterocycles. The second kappa shape index (κ2) is 5.05. The smallest absolute Gasteiger partial charge is 0.00396 e. The number of allylic oxidation sites excluding steroid dienone is 3. The molecule has 136 valence electrons. The van der Waals surface area contributed by atoms with E-state index in [9.17, 15) is 0 Å². The van der Waals surface area contributed by atoms with Gasteiger partial charge in [0.05, 0.1) is 0 Å². The van der Waals surface area contributed by atoms with Gasteiger partial charge in [-0.1, -0.05) is 12.7 Å². The molecular weight excluding hydrogens is 300 g/mol. The maximum atomic E-state index is 4.90. The van der Waals surface area contributed by atoms with Crippen LogP contribution in [0.5, 0.6) is 0 Å². The van der Waals surface area contributed by atoms with Crippen molar-refractivity contribution in [1.82, 2.24) is 0 Å². The molecule has 0 N–H and O–H groups in total. The van der Waals surface area contributed by atoms with Crippen molar-refractivity contribution >= 4 is 0 Å². The van der Waals surface area contributed by atoms with Gasteiger partial charge in [-0.3, -0.25) is 0 Å². The lowest BCUT2D eigenvalue weighted by Gasteiger charge is -2.62. The van der Waals surface area contributed by atoms with Gasteiger partial charge in [-0.15, -0.1) is 0 Å². The number of rotatable bonds is 3. The van der Waals surface area contributed by atoms with Gasteiger partial charge in [-0.2, -0.15) is 0 Å². The van der Waals surface area contributed by atoms with Crippen molar-refractivity contribution in [3.8, 4) is 0 Å². The first-order valence-electron chi connectivity index (χ1n) is 11.4. The Morgan fingerprint density at radius 2 is 0.960 bits per heavy atom. The van der Waals surface area contributed by atoms with Crippen LogP contribution < -0.4 is 0 Å². The Hall–Kier alpha value is -0.520. The van der Waals surface area contributed by atoms with E-state index in [1.165, 1.54) is 38.5 Å². The van der Waals surface area contributed by atoms with Gasteiger partial charge in [-0.05, 0) is 141 Å². The average Bonchev–Trinajstić information content (AvgIpc) is 2.52. The summed E-state index contributed by atoms with van der Waals surface area (Å²) in [5.74, 6) is 6.26. The second-order valence-corrected chi connectivity index (χ2v) is 11.6. The molecule has 0 aromatic heterocycles. The Kier molecular flexibility index (Phi) is 3.14. The third-order valence-electron chi connectivity index (χ3n) is 9.90. The zero-order valence-electron chi connectivity index (χ0n) is 16.2. The molecule has 8 aliphatic carbocycles. The summed E-state index contributed by atoms with van der Waals surface area (Å²) in [4.78, 5) is 0. The normalized spacial score (nSPS) is 55.8. The Morgan fingerprint density at radius 3 is 1.28 bits per heavy atom. The summed E-state index contributed by atoms with van der Waals surface area (Å²) < 4.78 is 0. The lowest BCUT2D eigenvalue weighted by Crippen LogP contribution is -2.50. The van der Waals surface area contributed by atoms with Gasteiger partial charge < -0.3 is 0 Å². The molecule has 0 nitrogen and oxygen atoms in total. The zero-order valence-corrected chi connectivity index (χ0v) is 16.2. The summed E-state index contributed by atoms with van der Waals surface area (Å²) in [6.07, 6.45) is 20.8. The molecule has 0 unspecified atom stereocenters. The van der Waals surface area contributed by atoms with Gasteiger partial charge in [0, 0.05) is 0 Å². The van der Waals surface area contributed by atoms with Crippen molar-refractivity contribution in [2.45, 2.75) is 84.0 Å². The molecule has 8 saturated carbocycles. The van der Waals surface area contributed by atoms with E-state index in [2.05, 4.69) is 13.0 Å². The van der Waals surface area contributed by atoms with Crippen molar-refractivity contribution < 1.29 is 0 Å². The van der Waals surface area contributed by atoms with Crippen LogP contribution in [0.1, 0.15) is 84.0 Å². The summed E-state index contributed by atoms with van der Waals surface area (Å²) in [6, 6.07) is 0. The minimum absolute atomic E-state index is 0.514. The Bertz CT molecular complexity index is 562. The van der Waals surface area contributed by atoms with Crippen molar-refractivity contribution in [3.05, 3.63) is 23.8 Å². The van der Waals surface area contributed by atoms with Gasteiger partial charge >= 0.3 is 0 Å². The van der Waals surface area contributed by atoms with Crippen LogP contribution in [0.2, 0.25) is 0 Å². The van der Waals surface area contributed by atoms with Crippen LogP contribution in [0.4, 0.5) is 0 Å².